The molecular formula is C19H17FN6O. The van der Waals surface area contributed by atoms with Gasteiger partial charge in [-0.3, -0.25) is 0 Å². The lowest BCUT2D eigenvalue weighted by Gasteiger charge is -2.07. The van der Waals surface area contributed by atoms with Crippen molar-refractivity contribution in [3.63, 3.8) is 0 Å². The van der Waals surface area contributed by atoms with Crippen LogP contribution in [0.4, 0.5) is 10.2 Å². The zero-order valence-electron chi connectivity index (χ0n) is 14.6. The molecule has 136 valence electrons. The minimum Gasteiger partial charge on any atom is -0.380 e. The summed E-state index contributed by atoms with van der Waals surface area (Å²) >= 11 is 0. The van der Waals surface area contributed by atoms with Crippen LogP contribution < -0.4 is 5.32 Å². The largest absolute Gasteiger partial charge is 0.380 e. The number of nitrogens with one attached hydrogen (secondary N) is 1. The second-order valence-corrected chi connectivity index (χ2v) is 5.96. The van der Waals surface area contributed by atoms with Gasteiger partial charge in [0, 0.05) is 19.0 Å². The number of nitrogens with zero attached hydrogens (tertiary/aromatic N) is 5. The number of methoxy groups -OCH3 is 1. The number of aromatic nitrogens is 5. The molecule has 0 atom stereocenters. The number of hydrogen-bond donors (Lipinski definition) is 1. The monoisotopic (exact) mass is 364 g/mol. The molecule has 2 aromatic carbocycles. The lowest BCUT2D eigenvalue weighted by molar-refractivity contribution is 0.186. The summed E-state index contributed by atoms with van der Waals surface area (Å²) in [5.74, 6) is 0.607. The maximum absolute atomic E-state index is 13.3. The lowest BCUT2D eigenvalue weighted by Crippen LogP contribution is -2.08. The summed E-state index contributed by atoms with van der Waals surface area (Å²) in [4.78, 5) is 4.47. The Morgan fingerprint density at radius 3 is 2.89 bits per heavy atom. The predicted molar refractivity (Wildman–Crippen MR) is 98.9 cm³/mol. The van der Waals surface area contributed by atoms with E-state index >= 15 is 0 Å². The Morgan fingerprint density at radius 1 is 1.15 bits per heavy atom. The highest BCUT2D eigenvalue weighted by atomic mass is 19.1. The number of halogens is 1. The molecule has 0 saturated heterocycles. The fourth-order valence-electron chi connectivity index (χ4n) is 2.86. The fourth-order valence-corrected chi connectivity index (χ4v) is 2.86. The zero-order chi connectivity index (χ0) is 18.6. The number of benzene rings is 2. The van der Waals surface area contributed by atoms with Crippen molar-refractivity contribution in [3.8, 4) is 5.95 Å². The van der Waals surface area contributed by atoms with Crippen molar-refractivity contribution in [2.75, 3.05) is 12.4 Å². The van der Waals surface area contributed by atoms with Crippen LogP contribution in [0.15, 0.2) is 54.9 Å². The maximum atomic E-state index is 13.3. The highest BCUT2D eigenvalue weighted by Gasteiger charge is 2.11. The molecule has 0 saturated carbocycles. The van der Waals surface area contributed by atoms with Gasteiger partial charge < -0.3 is 10.1 Å². The molecule has 0 spiro atoms. The van der Waals surface area contributed by atoms with Gasteiger partial charge in [-0.25, -0.2) is 4.39 Å². The van der Waals surface area contributed by atoms with Gasteiger partial charge in [0.1, 0.15) is 5.82 Å². The topological polar surface area (TPSA) is 77.8 Å². The van der Waals surface area contributed by atoms with Crippen LogP contribution in [0.25, 0.3) is 16.9 Å². The predicted octanol–water partition coefficient (Wildman–Crippen LogP) is 3.11. The third-order valence-electron chi connectivity index (χ3n) is 4.10. The number of fused-ring (bicyclic) bond motifs is 1. The summed E-state index contributed by atoms with van der Waals surface area (Å²) < 4.78 is 20.2. The van der Waals surface area contributed by atoms with Gasteiger partial charge >= 0.3 is 0 Å². The van der Waals surface area contributed by atoms with Crippen LogP contribution in [0, 0.1) is 5.82 Å². The molecule has 0 amide bonds. The molecule has 27 heavy (non-hydrogen) atoms. The fraction of sp³-hybridized carbons (Fsp3) is 0.158. The first-order valence-electron chi connectivity index (χ1n) is 8.37. The standard InChI is InChI=1S/C19H17FN6O/c1-27-12-14-5-3-7-17-16(14)10-23-26(17)19-24-18(11-22-25-19)21-9-13-4-2-6-15(20)8-13/h2-8,10-11H,9,12H2,1H3,(H,21,24,25). The first kappa shape index (κ1) is 17.0. The van der Waals surface area contributed by atoms with Gasteiger partial charge in [-0.1, -0.05) is 24.3 Å². The molecule has 1 N–H and O–H groups in total. The molecule has 0 aliphatic heterocycles. The van der Waals surface area contributed by atoms with Crippen molar-refractivity contribution < 1.29 is 9.13 Å². The highest BCUT2D eigenvalue weighted by molar-refractivity contribution is 5.83. The molecular weight excluding hydrogens is 347 g/mol. The average Bonchev–Trinajstić information content (AvgIpc) is 3.12. The first-order chi connectivity index (χ1) is 13.2. The van der Waals surface area contributed by atoms with E-state index in [0.29, 0.717) is 24.9 Å². The summed E-state index contributed by atoms with van der Waals surface area (Å²) in [5, 5.41) is 16.6. The first-order valence-corrected chi connectivity index (χ1v) is 8.37. The minimum atomic E-state index is -0.273. The molecule has 0 bridgehead atoms. The maximum Gasteiger partial charge on any atom is 0.272 e. The Labute approximate surface area is 154 Å². The van der Waals surface area contributed by atoms with Gasteiger partial charge in [0.05, 0.1) is 24.5 Å². The van der Waals surface area contributed by atoms with Crippen molar-refractivity contribution in [1.29, 1.82) is 0 Å². The molecule has 4 rings (SSSR count). The minimum absolute atomic E-state index is 0.273. The highest BCUT2D eigenvalue weighted by Crippen LogP contribution is 2.21. The summed E-state index contributed by atoms with van der Waals surface area (Å²) in [5.41, 5.74) is 2.71. The normalized spacial score (nSPS) is 11.0. The third-order valence-corrected chi connectivity index (χ3v) is 4.10. The Bertz CT molecular complexity index is 1080. The quantitative estimate of drug-likeness (QED) is 0.566. The number of ether oxygens (including phenoxy) is 1. The van der Waals surface area contributed by atoms with Gasteiger partial charge in [-0.2, -0.15) is 19.9 Å². The SMILES string of the molecule is COCc1cccc2c1cnn2-c1nncc(NCc2cccc(F)c2)n1. The van der Waals surface area contributed by atoms with Crippen LogP contribution in [0.1, 0.15) is 11.1 Å². The van der Waals surface area contributed by atoms with Crippen LogP contribution >= 0.6 is 0 Å². The van der Waals surface area contributed by atoms with Crippen LogP contribution in [0.3, 0.4) is 0 Å². The zero-order valence-corrected chi connectivity index (χ0v) is 14.6. The second-order valence-electron chi connectivity index (χ2n) is 5.96. The van der Waals surface area contributed by atoms with Gasteiger partial charge in [0.15, 0.2) is 5.82 Å². The smallest absolute Gasteiger partial charge is 0.272 e. The van der Waals surface area contributed by atoms with E-state index in [1.165, 1.54) is 18.3 Å². The average molecular weight is 364 g/mol. The Hall–Kier alpha value is -3.39. The molecule has 0 unspecified atom stereocenters. The van der Waals surface area contributed by atoms with Gasteiger partial charge in [0.25, 0.3) is 5.95 Å². The van der Waals surface area contributed by atoms with Crippen molar-refractivity contribution in [3.05, 3.63) is 71.8 Å². The number of rotatable bonds is 6. The van der Waals surface area contributed by atoms with E-state index in [-0.39, 0.29) is 5.82 Å². The van der Waals surface area contributed by atoms with Gasteiger partial charge in [-0.05, 0) is 29.3 Å². The van der Waals surface area contributed by atoms with E-state index in [4.69, 9.17) is 4.74 Å². The van der Waals surface area contributed by atoms with Crippen LogP contribution in [-0.4, -0.2) is 32.1 Å². The Morgan fingerprint density at radius 2 is 2.04 bits per heavy atom. The van der Waals surface area contributed by atoms with Crippen molar-refractivity contribution in [2.24, 2.45) is 0 Å². The molecule has 2 heterocycles. The molecule has 7 nitrogen and oxygen atoms in total. The Kier molecular flexibility index (Phi) is 4.71. The van der Waals surface area contributed by atoms with E-state index in [1.807, 2.05) is 24.3 Å². The van der Waals surface area contributed by atoms with Crippen molar-refractivity contribution in [1.82, 2.24) is 25.0 Å². The van der Waals surface area contributed by atoms with E-state index < -0.39 is 0 Å². The Balaban J connectivity index is 1.61. The van der Waals surface area contributed by atoms with Crippen LogP contribution in [0.5, 0.6) is 0 Å². The summed E-state index contributed by atoms with van der Waals surface area (Å²) in [6, 6.07) is 12.3. The summed E-state index contributed by atoms with van der Waals surface area (Å²) in [6.45, 7) is 0.922. The third kappa shape index (κ3) is 3.61. The summed E-state index contributed by atoms with van der Waals surface area (Å²) in [7, 11) is 1.66. The van der Waals surface area contributed by atoms with E-state index in [2.05, 4.69) is 25.6 Å². The second kappa shape index (κ2) is 7.46. The van der Waals surface area contributed by atoms with Gasteiger partial charge in [0.2, 0.25) is 0 Å². The molecule has 0 fully saturated rings. The molecule has 2 aromatic heterocycles. The molecule has 0 radical (unpaired) electrons. The van der Waals surface area contributed by atoms with Crippen LogP contribution in [-0.2, 0) is 17.9 Å². The number of anilines is 1. The van der Waals surface area contributed by atoms with Crippen molar-refractivity contribution >= 4 is 16.7 Å². The van der Waals surface area contributed by atoms with Crippen LogP contribution in [0.2, 0.25) is 0 Å². The molecule has 0 aliphatic carbocycles. The lowest BCUT2D eigenvalue weighted by atomic mass is 10.1. The molecule has 0 aliphatic rings. The summed E-state index contributed by atoms with van der Waals surface area (Å²) in [6.07, 6.45) is 3.28. The molecule has 8 heteroatoms. The van der Waals surface area contributed by atoms with E-state index in [0.717, 1.165) is 22.0 Å². The van der Waals surface area contributed by atoms with Gasteiger partial charge in [-0.15, -0.1) is 5.10 Å². The van der Waals surface area contributed by atoms with E-state index in [1.54, 1.807) is 24.1 Å². The van der Waals surface area contributed by atoms with E-state index in [9.17, 15) is 4.39 Å². The molecule has 4 aromatic rings. The number of hydrogen-bond acceptors (Lipinski definition) is 6. The van der Waals surface area contributed by atoms with Crippen molar-refractivity contribution in [2.45, 2.75) is 13.2 Å².